The van der Waals surface area contributed by atoms with Crippen LogP contribution in [0.15, 0.2) is 0 Å². The van der Waals surface area contributed by atoms with Gasteiger partial charge in [0.05, 0.1) is 6.42 Å². The van der Waals surface area contributed by atoms with Crippen molar-refractivity contribution < 1.29 is 18.9 Å². The maximum Gasteiger partial charge on any atom is 0.317 e. The lowest BCUT2D eigenvalue weighted by Crippen LogP contribution is -2.50. The second kappa shape index (κ2) is 7.06. The van der Waals surface area contributed by atoms with Gasteiger partial charge in [-0.05, 0) is 11.8 Å². The molecule has 0 aliphatic carbocycles. The number of nitrogens with zero attached hydrogens (tertiary/aromatic N) is 1. The van der Waals surface area contributed by atoms with Crippen molar-refractivity contribution in [2.45, 2.75) is 39.7 Å². The summed E-state index contributed by atoms with van der Waals surface area (Å²) >= 11 is 0. The summed E-state index contributed by atoms with van der Waals surface area (Å²) in [7, 11) is -0.831. The van der Waals surface area contributed by atoms with Crippen molar-refractivity contribution in [1.82, 2.24) is 10.2 Å². The van der Waals surface area contributed by atoms with E-state index >= 15 is 0 Å². The molecule has 1 unspecified atom stereocenters. The van der Waals surface area contributed by atoms with Crippen LogP contribution in [0.2, 0.25) is 0 Å². The summed E-state index contributed by atoms with van der Waals surface area (Å²) in [5.41, 5.74) is -0.0587. The van der Waals surface area contributed by atoms with Crippen LogP contribution in [-0.4, -0.2) is 56.9 Å². The first-order valence-electron chi connectivity index (χ1n) is 6.79. The average molecular weight is 304 g/mol. The Bertz CT molecular complexity index is 382. The molecule has 0 saturated carbocycles. The Balaban J connectivity index is 2.57. The molecular weight excluding hydrogens is 280 g/mol. The second-order valence-electron chi connectivity index (χ2n) is 6.34. The highest BCUT2D eigenvalue weighted by molar-refractivity contribution is 7.85. The van der Waals surface area contributed by atoms with Gasteiger partial charge in [-0.15, -0.1) is 0 Å². The van der Waals surface area contributed by atoms with Gasteiger partial charge in [0.25, 0.3) is 0 Å². The topological polar surface area (TPSA) is 86.7 Å². The van der Waals surface area contributed by atoms with E-state index < -0.39 is 16.8 Å². The molecule has 0 aromatic rings. The van der Waals surface area contributed by atoms with Crippen molar-refractivity contribution in [1.29, 1.82) is 0 Å². The Morgan fingerprint density at radius 1 is 1.30 bits per heavy atom. The third-order valence-corrected chi connectivity index (χ3v) is 4.35. The van der Waals surface area contributed by atoms with Crippen molar-refractivity contribution in [2.75, 3.05) is 24.6 Å². The third-order valence-electron chi connectivity index (χ3n) is 3.07. The van der Waals surface area contributed by atoms with Crippen LogP contribution in [0.3, 0.4) is 0 Å². The van der Waals surface area contributed by atoms with E-state index in [-0.39, 0.29) is 23.9 Å². The van der Waals surface area contributed by atoms with Gasteiger partial charge in [0.15, 0.2) is 0 Å². The maximum atomic E-state index is 12.1. The summed E-state index contributed by atoms with van der Waals surface area (Å²) in [6, 6.07) is -0.635. The minimum absolute atomic E-state index is 0.0587. The molecule has 116 valence electrons. The Morgan fingerprint density at radius 3 is 2.30 bits per heavy atom. The van der Waals surface area contributed by atoms with Gasteiger partial charge in [0, 0.05) is 41.4 Å². The van der Waals surface area contributed by atoms with Gasteiger partial charge in [-0.3, -0.25) is 9.00 Å². The van der Waals surface area contributed by atoms with Crippen LogP contribution in [0.4, 0.5) is 4.79 Å². The number of hydrogen-bond acceptors (Lipinski definition) is 3. The summed E-state index contributed by atoms with van der Waals surface area (Å²) in [6.45, 7) is 6.97. The predicted molar refractivity (Wildman–Crippen MR) is 78.1 cm³/mol. The third kappa shape index (κ3) is 6.36. The van der Waals surface area contributed by atoms with E-state index in [1.54, 1.807) is 4.90 Å². The molecule has 2 N–H and O–H groups in total. The maximum absolute atomic E-state index is 12.1. The highest BCUT2D eigenvalue weighted by atomic mass is 32.2. The van der Waals surface area contributed by atoms with Crippen molar-refractivity contribution in [3.63, 3.8) is 0 Å². The molecule has 0 radical (unpaired) electrons. The Labute approximate surface area is 122 Å². The van der Waals surface area contributed by atoms with E-state index in [1.165, 1.54) is 0 Å². The number of aliphatic carboxylic acids is 1. The van der Waals surface area contributed by atoms with Crippen LogP contribution in [0.5, 0.6) is 0 Å². The molecule has 1 rings (SSSR count). The summed E-state index contributed by atoms with van der Waals surface area (Å²) in [4.78, 5) is 24.6. The number of hydrogen-bond donors (Lipinski definition) is 2. The molecular formula is C13H24N2O4S. The van der Waals surface area contributed by atoms with E-state index in [4.69, 9.17) is 5.11 Å². The molecule has 2 amide bonds. The normalized spacial score (nSPS) is 18.6. The van der Waals surface area contributed by atoms with Crippen molar-refractivity contribution in [2.24, 2.45) is 5.41 Å². The molecule has 7 heteroatoms. The second-order valence-corrected chi connectivity index (χ2v) is 8.04. The number of urea groups is 1. The van der Waals surface area contributed by atoms with Crippen LogP contribution in [0, 0.1) is 5.41 Å². The van der Waals surface area contributed by atoms with Crippen LogP contribution in [0.1, 0.15) is 33.6 Å². The monoisotopic (exact) mass is 304 g/mol. The molecule has 1 aliphatic heterocycles. The zero-order valence-corrected chi connectivity index (χ0v) is 13.2. The molecule has 0 spiro atoms. The number of carbonyl (C=O) groups excluding carboxylic acids is 1. The standard InChI is InChI=1S/C13H24N2O4S/c1-13(2,3)9-10(8-11(16)17)14-12(18)15-4-6-20(19)7-5-15/h10H,4-9H2,1-3H3,(H,14,18)(H,16,17). The lowest BCUT2D eigenvalue weighted by atomic mass is 9.87. The molecule has 20 heavy (non-hydrogen) atoms. The highest BCUT2D eigenvalue weighted by Gasteiger charge is 2.26. The zero-order chi connectivity index (χ0) is 15.3. The van der Waals surface area contributed by atoms with Gasteiger partial charge in [0.2, 0.25) is 0 Å². The Morgan fingerprint density at radius 2 is 1.85 bits per heavy atom. The van der Waals surface area contributed by atoms with Crippen LogP contribution < -0.4 is 5.32 Å². The molecule has 1 aliphatic rings. The van der Waals surface area contributed by atoms with Gasteiger partial charge in [-0.1, -0.05) is 20.8 Å². The molecule has 1 heterocycles. The van der Waals surface area contributed by atoms with E-state index in [2.05, 4.69) is 5.32 Å². The predicted octanol–water partition coefficient (Wildman–Crippen LogP) is 1.04. The van der Waals surface area contributed by atoms with E-state index in [0.29, 0.717) is 31.0 Å². The number of carboxylic acids is 1. The fraction of sp³-hybridized carbons (Fsp3) is 0.846. The van der Waals surface area contributed by atoms with Crippen LogP contribution in [-0.2, 0) is 15.6 Å². The fourth-order valence-electron chi connectivity index (χ4n) is 2.23. The first-order valence-corrected chi connectivity index (χ1v) is 8.28. The first-order chi connectivity index (χ1) is 9.17. The van der Waals surface area contributed by atoms with E-state index in [0.717, 1.165) is 0 Å². The number of carboxylic acid groups (broad SMARTS) is 1. The van der Waals surface area contributed by atoms with Crippen LogP contribution >= 0.6 is 0 Å². The summed E-state index contributed by atoms with van der Waals surface area (Å²) in [5.74, 6) is 0.0753. The molecule has 1 atom stereocenters. The molecule has 6 nitrogen and oxygen atoms in total. The minimum atomic E-state index is -0.917. The molecule has 0 aromatic carbocycles. The lowest BCUT2D eigenvalue weighted by Gasteiger charge is -2.31. The fourth-order valence-corrected chi connectivity index (χ4v) is 3.28. The molecule has 1 saturated heterocycles. The van der Waals surface area contributed by atoms with Crippen molar-refractivity contribution in [3.8, 4) is 0 Å². The summed E-state index contributed by atoms with van der Waals surface area (Å²) < 4.78 is 11.3. The highest BCUT2D eigenvalue weighted by Crippen LogP contribution is 2.22. The van der Waals surface area contributed by atoms with Crippen molar-refractivity contribution >= 4 is 22.8 Å². The number of nitrogens with one attached hydrogen (secondary N) is 1. The summed E-state index contributed by atoms with van der Waals surface area (Å²) in [5, 5.41) is 11.7. The Kier molecular flexibility index (Phi) is 5.98. The number of carbonyl (C=O) groups is 2. The molecule has 0 bridgehead atoms. The van der Waals surface area contributed by atoms with Gasteiger partial charge in [0.1, 0.15) is 0 Å². The lowest BCUT2D eigenvalue weighted by molar-refractivity contribution is -0.137. The number of rotatable bonds is 4. The quantitative estimate of drug-likeness (QED) is 0.812. The average Bonchev–Trinajstić information content (AvgIpc) is 2.26. The first kappa shape index (κ1) is 16.9. The molecule has 1 fully saturated rings. The SMILES string of the molecule is CC(C)(C)CC(CC(=O)O)NC(=O)N1CCS(=O)CC1. The largest absolute Gasteiger partial charge is 0.481 e. The van der Waals surface area contributed by atoms with Gasteiger partial charge < -0.3 is 15.3 Å². The van der Waals surface area contributed by atoms with Crippen molar-refractivity contribution in [3.05, 3.63) is 0 Å². The van der Waals surface area contributed by atoms with E-state index in [9.17, 15) is 13.8 Å². The van der Waals surface area contributed by atoms with Gasteiger partial charge in [-0.2, -0.15) is 0 Å². The van der Waals surface area contributed by atoms with Crippen LogP contribution in [0.25, 0.3) is 0 Å². The van der Waals surface area contributed by atoms with Gasteiger partial charge >= 0.3 is 12.0 Å². The number of amides is 2. The minimum Gasteiger partial charge on any atom is -0.481 e. The smallest absolute Gasteiger partial charge is 0.317 e. The summed E-state index contributed by atoms with van der Waals surface area (Å²) in [6.07, 6.45) is 0.521. The zero-order valence-electron chi connectivity index (χ0n) is 12.3. The molecule has 0 aromatic heterocycles. The van der Waals surface area contributed by atoms with Gasteiger partial charge in [-0.25, -0.2) is 4.79 Å². The Hall–Kier alpha value is -1.11. The van der Waals surface area contributed by atoms with E-state index in [1.807, 2.05) is 20.8 Å².